The summed E-state index contributed by atoms with van der Waals surface area (Å²) in [6.45, 7) is 6.82. The molecule has 1 atom stereocenters. The smallest absolute Gasteiger partial charge is 0.0414 e. The van der Waals surface area contributed by atoms with Crippen molar-refractivity contribution in [3.63, 3.8) is 0 Å². The van der Waals surface area contributed by atoms with Crippen LogP contribution >= 0.6 is 11.3 Å². The van der Waals surface area contributed by atoms with Gasteiger partial charge in [0.05, 0.1) is 0 Å². The van der Waals surface area contributed by atoms with Crippen LogP contribution in [0.25, 0.3) is 0 Å². The molecule has 0 saturated heterocycles. The van der Waals surface area contributed by atoms with Crippen molar-refractivity contribution >= 4 is 11.3 Å². The summed E-state index contributed by atoms with van der Waals surface area (Å²) in [4.78, 5) is 1.49. The second kappa shape index (κ2) is 7.86. The van der Waals surface area contributed by atoms with Gasteiger partial charge in [-0.1, -0.05) is 39.7 Å². The summed E-state index contributed by atoms with van der Waals surface area (Å²) < 4.78 is 0. The molecule has 0 aliphatic heterocycles. The van der Waals surface area contributed by atoms with Crippen molar-refractivity contribution in [2.45, 2.75) is 65.0 Å². The fraction of sp³-hybridized carbons (Fsp3) is 0.714. The molecule has 0 saturated carbocycles. The lowest BCUT2D eigenvalue weighted by atomic mass is 10.0. The van der Waals surface area contributed by atoms with E-state index in [9.17, 15) is 0 Å². The number of hydrogen-bond acceptors (Lipinski definition) is 2. The summed E-state index contributed by atoms with van der Waals surface area (Å²) in [6.07, 6.45) is 6.34. The van der Waals surface area contributed by atoms with Gasteiger partial charge >= 0.3 is 0 Å². The molecule has 0 radical (unpaired) electrons. The van der Waals surface area contributed by atoms with Crippen molar-refractivity contribution in [2.75, 3.05) is 0 Å². The minimum absolute atomic E-state index is 0.558. The number of nitrogens with one attached hydrogen (secondary N) is 1. The van der Waals surface area contributed by atoms with E-state index in [1.54, 1.807) is 0 Å². The molecule has 0 aliphatic rings. The van der Waals surface area contributed by atoms with Crippen molar-refractivity contribution < 1.29 is 0 Å². The highest BCUT2D eigenvalue weighted by molar-refractivity contribution is 7.10. The molecule has 0 spiro atoms. The van der Waals surface area contributed by atoms with E-state index >= 15 is 0 Å². The van der Waals surface area contributed by atoms with Gasteiger partial charge in [-0.15, -0.1) is 11.3 Å². The largest absolute Gasteiger partial charge is 0.306 e. The van der Waals surface area contributed by atoms with E-state index in [2.05, 4.69) is 43.6 Å². The zero-order valence-corrected chi connectivity index (χ0v) is 11.6. The Labute approximate surface area is 104 Å². The quantitative estimate of drug-likeness (QED) is 0.690. The first-order chi connectivity index (χ1) is 7.81. The summed E-state index contributed by atoms with van der Waals surface area (Å²) in [5.41, 5.74) is 0. The van der Waals surface area contributed by atoms with Gasteiger partial charge in [-0.2, -0.15) is 0 Å². The fourth-order valence-electron chi connectivity index (χ4n) is 2.18. The summed E-state index contributed by atoms with van der Waals surface area (Å²) in [5, 5.41) is 5.99. The molecule has 1 unspecified atom stereocenters. The maximum atomic E-state index is 3.82. The van der Waals surface area contributed by atoms with Crippen LogP contribution in [-0.4, -0.2) is 6.04 Å². The third-order valence-electron chi connectivity index (χ3n) is 3.01. The average molecular weight is 239 g/mol. The van der Waals surface area contributed by atoms with Gasteiger partial charge in [0, 0.05) is 17.0 Å². The second-order valence-corrected chi connectivity index (χ2v) is 5.40. The van der Waals surface area contributed by atoms with E-state index in [0.29, 0.717) is 12.1 Å². The molecule has 0 fully saturated rings. The lowest BCUT2D eigenvalue weighted by Gasteiger charge is -2.24. The van der Waals surface area contributed by atoms with Gasteiger partial charge in [-0.25, -0.2) is 0 Å². The third-order valence-corrected chi connectivity index (χ3v) is 3.99. The van der Waals surface area contributed by atoms with Crippen LogP contribution in [0.5, 0.6) is 0 Å². The highest BCUT2D eigenvalue weighted by Gasteiger charge is 2.14. The molecule has 0 aliphatic carbocycles. The molecule has 1 N–H and O–H groups in total. The number of hydrogen-bond donors (Lipinski definition) is 1. The lowest BCUT2D eigenvalue weighted by molar-refractivity contribution is 0.385. The minimum atomic E-state index is 0.558. The molecule has 1 rings (SSSR count). The Balaban J connectivity index is 2.53. The Bertz CT molecular complexity index is 250. The number of rotatable bonds is 8. The maximum absolute atomic E-state index is 3.82. The maximum Gasteiger partial charge on any atom is 0.0414 e. The molecular formula is C14H25NS. The standard InChI is InChI=1S/C14H25NS/c1-4-8-12(9-5-2)15-13(6-3)14-10-7-11-16-14/h7,10-13,15H,4-6,8-9H2,1-3H3. The van der Waals surface area contributed by atoms with Gasteiger partial charge in [0.1, 0.15) is 0 Å². The van der Waals surface area contributed by atoms with E-state index in [1.165, 1.54) is 37.0 Å². The summed E-state index contributed by atoms with van der Waals surface area (Å²) in [5.74, 6) is 0. The van der Waals surface area contributed by atoms with Crippen molar-refractivity contribution in [3.05, 3.63) is 22.4 Å². The molecule has 1 heterocycles. The van der Waals surface area contributed by atoms with Crippen LogP contribution in [0.4, 0.5) is 0 Å². The molecule has 1 aromatic rings. The van der Waals surface area contributed by atoms with E-state index in [-0.39, 0.29) is 0 Å². The van der Waals surface area contributed by atoms with Crippen LogP contribution in [0.3, 0.4) is 0 Å². The van der Waals surface area contributed by atoms with E-state index in [0.717, 1.165) is 0 Å². The van der Waals surface area contributed by atoms with Crippen LogP contribution in [0, 0.1) is 0 Å². The molecule has 0 aromatic carbocycles. The number of thiophene rings is 1. The second-order valence-electron chi connectivity index (χ2n) is 4.42. The van der Waals surface area contributed by atoms with E-state index in [1.807, 2.05) is 11.3 Å². The third kappa shape index (κ3) is 4.26. The summed E-state index contributed by atoms with van der Waals surface area (Å²) in [6, 6.07) is 5.66. The van der Waals surface area contributed by atoms with Crippen LogP contribution < -0.4 is 5.32 Å². The Hall–Kier alpha value is -0.340. The van der Waals surface area contributed by atoms with Crippen LogP contribution in [0.15, 0.2) is 17.5 Å². The Morgan fingerprint density at radius 1 is 1.19 bits per heavy atom. The first kappa shape index (κ1) is 13.7. The molecular weight excluding hydrogens is 214 g/mol. The predicted octanol–water partition coefficient (Wildman–Crippen LogP) is 4.76. The monoisotopic (exact) mass is 239 g/mol. The highest BCUT2D eigenvalue weighted by atomic mass is 32.1. The Morgan fingerprint density at radius 2 is 1.88 bits per heavy atom. The summed E-state index contributed by atoms with van der Waals surface area (Å²) >= 11 is 1.87. The zero-order chi connectivity index (χ0) is 11.8. The van der Waals surface area contributed by atoms with Crippen molar-refractivity contribution in [3.8, 4) is 0 Å². The van der Waals surface area contributed by atoms with Gasteiger partial charge < -0.3 is 5.32 Å². The predicted molar refractivity (Wildman–Crippen MR) is 74.1 cm³/mol. The van der Waals surface area contributed by atoms with Crippen molar-refractivity contribution in [2.24, 2.45) is 0 Å². The fourth-order valence-corrected chi connectivity index (χ4v) is 3.05. The molecule has 0 bridgehead atoms. The molecule has 92 valence electrons. The van der Waals surface area contributed by atoms with Gasteiger partial charge in [-0.05, 0) is 30.7 Å². The zero-order valence-electron chi connectivity index (χ0n) is 10.8. The average Bonchev–Trinajstić information content (AvgIpc) is 2.79. The minimum Gasteiger partial charge on any atom is -0.306 e. The molecule has 1 aromatic heterocycles. The lowest BCUT2D eigenvalue weighted by Crippen LogP contribution is -2.32. The van der Waals surface area contributed by atoms with E-state index in [4.69, 9.17) is 0 Å². The normalized spacial score (nSPS) is 13.2. The topological polar surface area (TPSA) is 12.0 Å². The Kier molecular flexibility index (Phi) is 6.74. The molecule has 2 heteroatoms. The van der Waals surface area contributed by atoms with Gasteiger partial charge in [0.25, 0.3) is 0 Å². The van der Waals surface area contributed by atoms with Gasteiger partial charge in [-0.3, -0.25) is 0 Å². The van der Waals surface area contributed by atoms with Crippen molar-refractivity contribution in [1.82, 2.24) is 5.32 Å². The molecule has 0 amide bonds. The summed E-state index contributed by atoms with van der Waals surface area (Å²) in [7, 11) is 0. The first-order valence-electron chi connectivity index (χ1n) is 6.61. The molecule has 16 heavy (non-hydrogen) atoms. The Morgan fingerprint density at radius 3 is 2.31 bits per heavy atom. The van der Waals surface area contributed by atoms with Gasteiger partial charge in [0.15, 0.2) is 0 Å². The van der Waals surface area contributed by atoms with Crippen molar-refractivity contribution in [1.29, 1.82) is 0 Å². The SMILES string of the molecule is CCCC(CCC)NC(CC)c1cccs1. The molecule has 1 nitrogen and oxygen atoms in total. The van der Waals surface area contributed by atoms with E-state index < -0.39 is 0 Å². The van der Waals surface area contributed by atoms with Crippen LogP contribution in [0.1, 0.15) is 63.8 Å². The highest BCUT2D eigenvalue weighted by Crippen LogP contribution is 2.23. The van der Waals surface area contributed by atoms with Crippen LogP contribution in [-0.2, 0) is 0 Å². The first-order valence-corrected chi connectivity index (χ1v) is 7.49. The van der Waals surface area contributed by atoms with Crippen LogP contribution in [0.2, 0.25) is 0 Å². The van der Waals surface area contributed by atoms with Gasteiger partial charge in [0.2, 0.25) is 0 Å².